The minimum Gasteiger partial charge on any atom is -0.385 e. The fourth-order valence-corrected chi connectivity index (χ4v) is 3.60. The third-order valence-corrected chi connectivity index (χ3v) is 4.94. The van der Waals surface area contributed by atoms with Gasteiger partial charge in [0, 0.05) is 7.11 Å². The van der Waals surface area contributed by atoms with E-state index in [-0.39, 0.29) is 0 Å². The molecule has 0 aliphatic heterocycles. The second-order valence-corrected chi connectivity index (χ2v) is 6.19. The van der Waals surface area contributed by atoms with Crippen LogP contribution < -0.4 is 0 Å². The molecule has 1 unspecified atom stereocenters. The Hall–Kier alpha value is -1.38. The van der Waals surface area contributed by atoms with Crippen molar-refractivity contribution in [2.45, 2.75) is 50.2 Å². The Balaban J connectivity index is 1.95. The molecule has 0 heterocycles. The highest BCUT2D eigenvalue weighted by Gasteiger charge is 2.39. The van der Waals surface area contributed by atoms with E-state index in [4.69, 9.17) is 4.74 Å². The van der Waals surface area contributed by atoms with Crippen LogP contribution in [0, 0.1) is 0 Å². The molecule has 1 fully saturated rings. The van der Waals surface area contributed by atoms with Gasteiger partial charge in [-0.3, -0.25) is 0 Å². The van der Waals surface area contributed by atoms with Gasteiger partial charge in [0.15, 0.2) is 0 Å². The number of benzene rings is 2. The predicted octanol–water partition coefficient (Wildman–Crippen LogP) is 4.61. The summed E-state index contributed by atoms with van der Waals surface area (Å²) in [7, 11) is 1.75. The molecule has 0 saturated heterocycles. The molecule has 0 radical (unpaired) electrons. The number of aliphatic hydroxyl groups excluding tert-OH is 1. The Morgan fingerprint density at radius 1 is 0.952 bits per heavy atom. The summed E-state index contributed by atoms with van der Waals surface area (Å²) in [5.74, 6) is 0. The van der Waals surface area contributed by atoms with Crippen molar-refractivity contribution in [3.63, 3.8) is 0 Å². The largest absolute Gasteiger partial charge is 0.385 e. The standard InChI is InChI=1S/C19H24O2/c1-21-19(12-6-2-3-7-13-19)18(20)17-11-10-15-8-4-5-9-16(15)14-17/h4-5,8-11,14,18,20H,2-3,6-7,12-13H2,1H3. The van der Waals surface area contributed by atoms with Crippen molar-refractivity contribution >= 4 is 10.8 Å². The summed E-state index contributed by atoms with van der Waals surface area (Å²) in [4.78, 5) is 0. The summed E-state index contributed by atoms with van der Waals surface area (Å²) in [6, 6.07) is 14.5. The zero-order chi connectivity index (χ0) is 14.7. The molecule has 0 amide bonds. The van der Waals surface area contributed by atoms with Gasteiger partial charge < -0.3 is 9.84 Å². The second-order valence-electron chi connectivity index (χ2n) is 6.19. The minimum absolute atomic E-state index is 0.418. The third-order valence-electron chi connectivity index (χ3n) is 4.94. The number of fused-ring (bicyclic) bond motifs is 1. The molecule has 1 N–H and O–H groups in total. The Kier molecular flexibility index (Phi) is 4.27. The number of methoxy groups -OCH3 is 1. The number of hydrogen-bond acceptors (Lipinski definition) is 2. The molecule has 0 aromatic heterocycles. The molecule has 112 valence electrons. The molecule has 1 aliphatic rings. The zero-order valence-electron chi connectivity index (χ0n) is 12.7. The Labute approximate surface area is 126 Å². The lowest BCUT2D eigenvalue weighted by Crippen LogP contribution is -2.38. The second kappa shape index (κ2) is 6.17. The van der Waals surface area contributed by atoms with E-state index in [9.17, 15) is 5.11 Å². The Bertz CT molecular complexity index is 597. The first-order chi connectivity index (χ1) is 10.2. The lowest BCUT2D eigenvalue weighted by Gasteiger charge is -2.36. The molecule has 2 heteroatoms. The van der Waals surface area contributed by atoms with Crippen LogP contribution in [0.3, 0.4) is 0 Å². The van der Waals surface area contributed by atoms with Crippen molar-refractivity contribution in [1.29, 1.82) is 0 Å². The molecule has 21 heavy (non-hydrogen) atoms. The van der Waals surface area contributed by atoms with Crippen LogP contribution in [0.5, 0.6) is 0 Å². The van der Waals surface area contributed by atoms with Gasteiger partial charge >= 0.3 is 0 Å². The lowest BCUT2D eigenvalue weighted by atomic mass is 9.84. The van der Waals surface area contributed by atoms with E-state index in [0.717, 1.165) is 31.2 Å². The van der Waals surface area contributed by atoms with Crippen molar-refractivity contribution in [2.75, 3.05) is 7.11 Å². The van der Waals surface area contributed by atoms with Crippen molar-refractivity contribution in [1.82, 2.24) is 0 Å². The fourth-order valence-electron chi connectivity index (χ4n) is 3.60. The number of rotatable bonds is 3. The normalized spacial score (nSPS) is 20.1. The topological polar surface area (TPSA) is 29.5 Å². The minimum atomic E-state index is -0.551. The molecule has 2 aromatic carbocycles. The summed E-state index contributed by atoms with van der Waals surface area (Å²) in [6.07, 6.45) is 6.10. The van der Waals surface area contributed by atoms with Crippen LogP contribution in [0.15, 0.2) is 42.5 Å². The molecule has 2 nitrogen and oxygen atoms in total. The maximum Gasteiger partial charge on any atom is 0.108 e. The first-order valence-corrected chi connectivity index (χ1v) is 7.97. The van der Waals surface area contributed by atoms with E-state index in [0.29, 0.717) is 0 Å². The van der Waals surface area contributed by atoms with Crippen LogP contribution in [-0.4, -0.2) is 17.8 Å². The zero-order valence-corrected chi connectivity index (χ0v) is 12.7. The fraction of sp³-hybridized carbons (Fsp3) is 0.474. The molecule has 3 rings (SSSR count). The van der Waals surface area contributed by atoms with E-state index < -0.39 is 11.7 Å². The first-order valence-electron chi connectivity index (χ1n) is 7.97. The molecular weight excluding hydrogens is 260 g/mol. The van der Waals surface area contributed by atoms with Gasteiger partial charge in [-0.15, -0.1) is 0 Å². The van der Waals surface area contributed by atoms with Gasteiger partial charge in [0.05, 0.1) is 5.60 Å². The number of hydrogen-bond donors (Lipinski definition) is 1. The molecule has 1 aliphatic carbocycles. The van der Waals surface area contributed by atoms with Crippen LogP contribution in [-0.2, 0) is 4.74 Å². The maximum absolute atomic E-state index is 11.0. The van der Waals surface area contributed by atoms with Crippen molar-refractivity contribution in [2.24, 2.45) is 0 Å². The van der Waals surface area contributed by atoms with Gasteiger partial charge in [0.25, 0.3) is 0 Å². The smallest absolute Gasteiger partial charge is 0.108 e. The number of aliphatic hydroxyl groups is 1. The van der Waals surface area contributed by atoms with E-state index >= 15 is 0 Å². The lowest BCUT2D eigenvalue weighted by molar-refractivity contribution is -0.114. The van der Waals surface area contributed by atoms with Crippen molar-refractivity contribution < 1.29 is 9.84 Å². The molecule has 1 atom stereocenters. The van der Waals surface area contributed by atoms with Gasteiger partial charge in [0.2, 0.25) is 0 Å². The first kappa shape index (κ1) is 14.6. The molecular formula is C19H24O2. The summed E-state index contributed by atoms with van der Waals surface area (Å²) in [6.45, 7) is 0. The molecule has 2 aromatic rings. The predicted molar refractivity (Wildman–Crippen MR) is 86.3 cm³/mol. The SMILES string of the molecule is COC1(C(O)c2ccc3ccccc3c2)CCCCCC1. The summed E-state index contributed by atoms with van der Waals surface area (Å²) < 4.78 is 5.84. The summed E-state index contributed by atoms with van der Waals surface area (Å²) >= 11 is 0. The Morgan fingerprint density at radius 2 is 1.62 bits per heavy atom. The van der Waals surface area contributed by atoms with Gasteiger partial charge in [-0.25, -0.2) is 0 Å². The highest BCUT2D eigenvalue weighted by molar-refractivity contribution is 5.83. The highest BCUT2D eigenvalue weighted by atomic mass is 16.5. The average molecular weight is 284 g/mol. The summed E-state index contributed by atoms with van der Waals surface area (Å²) in [5, 5.41) is 13.3. The van der Waals surface area contributed by atoms with Gasteiger partial charge in [-0.05, 0) is 35.2 Å². The van der Waals surface area contributed by atoms with Crippen LogP contribution in [0.2, 0.25) is 0 Å². The van der Waals surface area contributed by atoms with E-state index in [1.54, 1.807) is 7.11 Å². The molecule has 0 bridgehead atoms. The van der Waals surface area contributed by atoms with Crippen LogP contribution in [0.1, 0.15) is 50.2 Å². The van der Waals surface area contributed by atoms with Gasteiger partial charge in [-0.2, -0.15) is 0 Å². The average Bonchev–Trinajstić information content (AvgIpc) is 2.80. The third kappa shape index (κ3) is 2.83. The van der Waals surface area contributed by atoms with E-state index in [2.05, 4.69) is 24.3 Å². The van der Waals surface area contributed by atoms with Crippen LogP contribution in [0.25, 0.3) is 10.8 Å². The van der Waals surface area contributed by atoms with E-state index in [1.165, 1.54) is 23.6 Å². The summed E-state index contributed by atoms with van der Waals surface area (Å²) in [5.41, 5.74) is 0.552. The monoisotopic (exact) mass is 284 g/mol. The number of ether oxygens (including phenoxy) is 1. The highest BCUT2D eigenvalue weighted by Crippen LogP contribution is 2.40. The molecule has 0 spiro atoms. The van der Waals surface area contributed by atoms with Gasteiger partial charge in [-0.1, -0.05) is 62.1 Å². The Morgan fingerprint density at radius 3 is 2.29 bits per heavy atom. The van der Waals surface area contributed by atoms with E-state index in [1.807, 2.05) is 18.2 Å². The van der Waals surface area contributed by atoms with Crippen molar-refractivity contribution in [3.05, 3.63) is 48.0 Å². The van der Waals surface area contributed by atoms with Crippen LogP contribution >= 0.6 is 0 Å². The maximum atomic E-state index is 11.0. The van der Waals surface area contributed by atoms with Crippen LogP contribution in [0.4, 0.5) is 0 Å². The molecule has 1 saturated carbocycles. The quantitative estimate of drug-likeness (QED) is 0.834. The van der Waals surface area contributed by atoms with Crippen molar-refractivity contribution in [3.8, 4) is 0 Å². The van der Waals surface area contributed by atoms with Gasteiger partial charge in [0.1, 0.15) is 6.10 Å².